The number of benzene rings is 1. The number of rotatable bonds is 1. The molecule has 3 rings (SSSR count). The van der Waals surface area contributed by atoms with Crippen molar-refractivity contribution in [2.45, 2.75) is 0 Å². The molecule has 78 valence electrons. The number of hydrogen-bond donors (Lipinski definition) is 0. The van der Waals surface area contributed by atoms with Crippen molar-refractivity contribution in [2.75, 3.05) is 0 Å². The smallest absolute Gasteiger partial charge is 0.155 e. The van der Waals surface area contributed by atoms with Crippen LogP contribution in [0.1, 0.15) is 0 Å². The summed E-state index contributed by atoms with van der Waals surface area (Å²) in [6.07, 6.45) is 3.48. The lowest BCUT2D eigenvalue weighted by atomic mass is 10.1. The van der Waals surface area contributed by atoms with Gasteiger partial charge in [-0.3, -0.25) is 0 Å². The van der Waals surface area contributed by atoms with Gasteiger partial charge < -0.3 is 0 Å². The second-order valence-corrected chi connectivity index (χ2v) is 3.82. The van der Waals surface area contributed by atoms with Crippen LogP contribution in [0.5, 0.6) is 0 Å². The zero-order valence-corrected chi connectivity index (χ0v) is 9.09. The summed E-state index contributed by atoms with van der Waals surface area (Å²) in [5.74, 6) is 0. The highest BCUT2D eigenvalue weighted by Crippen LogP contribution is 2.26. The Morgan fingerprint density at radius 2 is 1.88 bits per heavy atom. The zero-order chi connectivity index (χ0) is 11.0. The van der Waals surface area contributed by atoms with E-state index in [0.29, 0.717) is 5.02 Å². The van der Waals surface area contributed by atoms with E-state index in [1.54, 1.807) is 16.9 Å². The van der Waals surface area contributed by atoms with Gasteiger partial charge in [0.15, 0.2) is 5.65 Å². The number of fused-ring (bicyclic) bond motifs is 1. The molecule has 0 aliphatic rings. The summed E-state index contributed by atoms with van der Waals surface area (Å²) in [5.41, 5.74) is 2.72. The number of aromatic nitrogens is 3. The van der Waals surface area contributed by atoms with Gasteiger partial charge in [-0.05, 0) is 12.1 Å². The van der Waals surface area contributed by atoms with Crippen LogP contribution in [-0.4, -0.2) is 14.6 Å². The lowest BCUT2D eigenvalue weighted by molar-refractivity contribution is 0.948. The molecular weight excluding hydrogens is 222 g/mol. The molecule has 0 aliphatic carbocycles. The minimum Gasteiger partial charge on any atom is -0.237 e. The first-order valence-electron chi connectivity index (χ1n) is 4.90. The Kier molecular flexibility index (Phi) is 2.11. The SMILES string of the molecule is Clc1ccccc1-c1ccnc2ccnn12. The highest BCUT2D eigenvalue weighted by Gasteiger charge is 2.07. The molecule has 0 fully saturated rings. The van der Waals surface area contributed by atoms with Crippen molar-refractivity contribution < 1.29 is 0 Å². The minimum absolute atomic E-state index is 0.713. The van der Waals surface area contributed by atoms with Gasteiger partial charge in [-0.25, -0.2) is 9.50 Å². The van der Waals surface area contributed by atoms with Gasteiger partial charge in [0, 0.05) is 22.8 Å². The second kappa shape index (κ2) is 3.61. The summed E-state index contributed by atoms with van der Waals surface area (Å²) in [5, 5.41) is 4.95. The van der Waals surface area contributed by atoms with Crippen LogP contribution in [-0.2, 0) is 0 Å². The molecule has 1 aromatic carbocycles. The molecule has 3 aromatic rings. The highest BCUT2D eigenvalue weighted by molar-refractivity contribution is 6.33. The van der Waals surface area contributed by atoms with Gasteiger partial charge in [-0.1, -0.05) is 29.8 Å². The Morgan fingerprint density at radius 3 is 2.75 bits per heavy atom. The lowest BCUT2D eigenvalue weighted by Crippen LogP contribution is -1.95. The van der Waals surface area contributed by atoms with Crippen molar-refractivity contribution >= 4 is 17.2 Å². The van der Waals surface area contributed by atoms with Crippen LogP contribution in [0.2, 0.25) is 5.02 Å². The van der Waals surface area contributed by atoms with Gasteiger partial charge in [0.1, 0.15) is 0 Å². The molecule has 0 spiro atoms. The molecule has 0 aliphatic heterocycles. The van der Waals surface area contributed by atoms with Gasteiger partial charge in [-0.2, -0.15) is 5.10 Å². The van der Waals surface area contributed by atoms with Crippen molar-refractivity contribution in [3.05, 3.63) is 53.8 Å². The molecule has 0 atom stereocenters. The maximum Gasteiger partial charge on any atom is 0.155 e. The topological polar surface area (TPSA) is 30.2 Å². The van der Waals surface area contributed by atoms with E-state index in [2.05, 4.69) is 10.1 Å². The molecule has 0 saturated heterocycles. The Labute approximate surface area is 97.3 Å². The molecule has 2 heterocycles. The second-order valence-electron chi connectivity index (χ2n) is 3.41. The third-order valence-corrected chi connectivity index (χ3v) is 2.77. The number of nitrogens with zero attached hydrogens (tertiary/aromatic N) is 3. The van der Waals surface area contributed by atoms with Crippen molar-refractivity contribution in [1.29, 1.82) is 0 Å². The molecule has 3 nitrogen and oxygen atoms in total. The fraction of sp³-hybridized carbons (Fsp3) is 0. The van der Waals surface area contributed by atoms with Gasteiger partial charge >= 0.3 is 0 Å². The minimum atomic E-state index is 0.713. The Bertz CT molecular complexity index is 645. The van der Waals surface area contributed by atoms with Crippen molar-refractivity contribution in [1.82, 2.24) is 14.6 Å². The monoisotopic (exact) mass is 229 g/mol. The number of halogens is 1. The van der Waals surface area contributed by atoms with Crippen LogP contribution in [0.15, 0.2) is 48.8 Å². The van der Waals surface area contributed by atoms with Crippen molar-refractivity contribution in [3.63, 3.8) is 0 Å². The molecule has 0 amide bonds. The third kappa shape index (κ3) is 1.37. The zero-order valence-electron chi connectivity index (χ0n) is 8.34. The van der Waals surface area contributed by atoms with Crippen LogP contribution in [0, 0.1) is 0 Å². The quantitative estimate of drug-likeness (QED) is 0.642. The fourth-order valence-electron chi connectivity index (χ4n) is 1.71. The molecule has 4 heteroatoms. The van der Waals surface area contributed by atoms with E-state index in [0.717, 1.165) is 16.9 Å². The van der Waals surface area contributed by atoms with E-state index in [-0.39, 0.29) is 0 Å². The average molecular weight is 230 g/mol. The molecule has 0 unspecified atom stereocenters. The van der Waals surface area contributed by atoms with Gasteiger partial charge in [0.05, 0.1) is 11.9 Å². The van der Waals surface area contributed by atoms with Crippen LogP contribution in [0.3, 0.4) is 0 Å². The molecule has 0 bridgehead atoms. The largest absolute Gasteiger partial charge is 0.237 e. The summed E-state index contributed by atoms with van der Waals surface area (Å²) >= 11 is 6.16. The highest BCUT2D eigenvalue weighted by atomic mass is 35.5. The average Bonchev–Trinajstić information content (AvgIpc) is 2.77. The normalized spacial score (nSPS) is 10.8. The van der Waals surface area contributed by atoms with E-state index in [1.165, 1.54) is 0 Å². The summed E-state index contributed by atoms with van der Waals surface area (Å²) in [6, 6.07) is 11.5. The van der Waals surface area contributed by atoms with Gasteiger partial charge in [-0.15, -0.1) is 0 Å². The number of hydrogen-bond acceptors (Lipinski definition) is 2. The third-order valence-electron chi connectivity index (χ3n) is 2.44. The first-order chi connectivity index (χ1) is 7.86. The molecule has 0 N–H and O–H groups in total. The van der Waals surface area contributed by atoms with Gasteiger partial charge in [0.2, 0.25) is 0 Å². The van der Waals surface area contributed by atoms with E-state index < -0.39 is 0 Å². The lowest BCUT2D eigenvalue weighted by Gasteiger charge is -2.05. The maximum atomic E-state index is 6.16. The van der Waals surface area contributed by atoms with Gasteiger partial charge in [0.25, 0.3) is 0 Å². The van der Waals surface area contributed by atoms with E-state index >= 15 is 0 Å². The van der Waals surface area contributed by atoms with E-state index in [4.69, 9.17) is 11.6 Å². The molecule has 16 heavy (non-hydrogen) atoms. The molecular formula is C12H8ClN3. The summed E-state index contributed by atoms with van der Waals surface area (Å²) < 4.78 is 1.78. The predicted octanol–water partition coefficient (Wildman–Crippen LogP) is 3.05. The van der Waals surface area contributed by atoms with Crippen molar-refractivity contribution in [2.24, 2.45) is 0 Å². The summed E-state index contributed by atoms with van der Waals surface area (Å²) in [6.45, 7) is 0. The maximum absolute atomic E-state index is 6.16. The first kappa shape index (κ1) is 9.36. The molecule has 0 radical (unpaired) electrons. The predicted molar refractivity (Wildman–Crippen MR) is 63.4 cm³/mol. The molecule has 2 aromatic heterocycles. The summed E-state index contributed by atoms with van der Waals surface area (Å²) in [7, 11) is 0. The molecule has 0 saturated carbocycles. The van der Waals surface area contributed by atoms with Crippen molar-refractivity contribution in [3.8, 4) is 11.3 Å². The Hall–Kier alpha value is -1.87. The first-order valence-corrected chi connectivity index (χ1v) is 5.28. The summed E-state index contributed by atoms with van der Waals surface area (Å²) in [4.78, 5) is 4.21. The standard InChI is InChI=1S/C12H8ClN3/c13-10-4-2-1-3-9(10)11-5-7-14-12-6-8-15-16(11)12/h1-8H. The van der Waals surface area contributed by atoms with E-state index in [9.17, 15) is 0 Å². The van der Waals surface area contributed by atoms with E-state index in [1.807, 2.05) is 36.4 Å². The van der Waals surface area contributed by atoms with Crippen LogP contribution >= 0.6 is 11.6 Å². The Morgan fingerprint density at radius 1 is 1.00 bits per heavy atom. The Balaban J connectivity index is 2.34. The van der Waals surface area contributed by atoms with Crippen LogP contribution in [0.25, 0.3) is 16.9 Å². The fourth-order valence-corrected chi connectivity index (χ4v) is 1.94. The van der Waals surface area contributed by atoms with Crippen LogP contribution in [0.4, 0.5) is 0 Å². The van der Waals surface area contributed by atoms with Crippen LogP contribution < -0.4 is 0 Å².